The molecule has 1 N–H and O–H groups in total. The predicted octanol–water partition coefficient (Wildman–Crippen LogP) is 3.70. The lowest BCUT2D eigenvalue weighted by atomic mass is 9.78. The fourth-order valence-corrected chi connectivity index (χ4v) is 3.43. The van der Waals surface area contributed by atoms with Gasteiger partial charge in [-0.05, 0) is 50.4 Å². The summed E-state index contributed by atoms with van der Waals surface area (Å²) in [6.45, 7) is 12.6. The summed E-state index contributed by atoms with van der Waals surface area (Å²) in [5, 5.41) is 9.98. The average molecular weight is 220 g/mol. The zero-order valence-corrected chi connectivity index (χ0v) is 11.0. The summed E-state index contributed by atoms with van der Waals surface area (Å²) in [6.07, 6.45) is 4.86. The maximum atomic E-state index is 9.98. The molecule has 1 fully saturated rings. The van der Waals surface area contributed by atoms with Gasteiger partial charge in [-0.1, -0.05) is 31.1 Å². The molecule has 0 unspecified atom stereocenters. The minimum Gasteiger partial charge on any atom is -0.386 e. The van der Waals surface area contributed by atoms with E-state index in [1.54, 1.807) is 17.2 Å². The molecule has 1 nitrogen and oxygen atoms in total. The van der Waals surface area contributed by atoms with E-state index in [4.69, 9.17) is 0 Å². The average Bonchev–Trinajstić information content (AvgIpc) is 2.93. The van der Waals surface area contributed by atoms with Gasteiger partial charge in [0.2, 0.25) is 0 Å². The van der Waals surface area contributed by atoms with Crippen LogP contribution in [0.15, 0.2) is 23.8 Å². The van der Waals surface area contributed by atoms with Crippen molar-refractivity contribution < 1.29 is 5.11 Å². The highest BCUT2D eigenvalue weighted by molar-refractivity contribution is 5.36. The zero-order valence-electron chi connectivity index (χ0n) is 11.0. The summed E-state index contributed by atoms with van der Waals surface area (Å²) in [5.41, 5.74) is 2.85. The summed E-state index contributed by atoms with van der Waals surface area (Å²) in [4.78, 5) is 0. The fourth-order valence-electron chi connectivity index (χ4n) is 3.43. The van der Waals surface area contributed by atoms with Gasteiger partial charge < -0.3 is 5.11 Å². The van der Waals surface area contributed by atoms with Crippen LogP contribution in [0.3, 0.4) is 0 Å². The first-order valence-corrected chi connectivity index (χ1v) is 6.35. The molecule has 2 rings (SSSR count). The molecule has 0 bridgehead atoms. The molecule has 3 atom stereocenters. The van der Waals surface area contributed by atoms with Crippen LogP contribution in [0.1, 0.15) is 47.0 Å². The van der Waals surface area contributed by atoms with Crippen LogP contribution in [0.25, 0.3) is 0 Å². The summed E-state index contributed by atoms with van der Waals surface area (Å²) in [6, 6.07) is 0. The van der Waals surface area contributed by atoms with Crippen molar-refractivity contribution in [3.63, 3.8) is 0 Å². The van der Waals surface area contributed by atoms with Crippen LogP contribution in [-0.4, -0.2) is 10.7 Å². The topological polar surface area (TPSA) is 20.2 Å². The molecule has 0 saturated heterocycles. The van der Waals surface area contributed by atoms with Crippen molar-refractivity contribution in [3.8, 4) is 0 Å². The van der Waals surface area contributed by atoms with E-state index in [-0.39, 0.29) is 0 Å². The van der Waals surface area contributed by atoms with Crippen LogP contribution in [0.5, 0.6) is 0 Å². The van der Waals surface area contributed by atoms with Crippen LogP contribution < -0.4 is 0 Å². The second kappa shape index (κ2) is 3.46. The van der Waals surface area contributed by atoms with Gasteiger partial charge in [0.05, 0.1) is 5.60 Å². The van der Waals surface area contributed by atoms with Crippen LogP contribution in [0, 0.1) is 17.3 Å². The van der Waals surface area contributed by atoms with Gasteiger partial charge in [0.15, 0.2) is 0 Å². The van der Waals surface area contributed by atoms with Gasteiger partial charge in [0.1, 0.15) is 0 Å². The zero-order chi connectivity index (χ0) is 12.1. The number of aliphatic hydroxyl groups is 1. The Morgan fingerprint density at radius 2 is 2.19 bits per heavy atom. The number of allylic oxidation sites excluding steroid dienone is 2. The Bertz CT molecular complexity index is 346. The first-order valence-electron chi connectivity index (χ1n) is 6.35. The third-order valence-electron chi connectivity index (χ3n) is 4.85. The smallest absolute Gasteiger partial charge is 0.0800 e. The van der Waals surface area contributed by atoms with E-state index in [1.165, 1.54) is 6.42 Å². The van der Waals surface area contributed by atoms with Crippen molar-refractivity contribution >= 4 is 0 Å². The molecule has 0 aliphatic heterocycles. The van der Waals surface area contributed by atoms with E-state index in [9.17, 15) is 5.11 Å². The van der Waals surface area contributed by atoms with E-state index < -0.39 is 5.60 Å². The van der Waals surface area contributed by atoms with Crippen molar-refractivity contribution in [2.45, 2.75) is 52.6 Å². The second-order valence-corrected chi connectivity index (χ2v) is 6.39. The van der Waals surface area contributed by atoms with Gasteiger partial charge >= 0.3 is 0 Å². The molecular formula is C15H24O. The maximum Gasteiger partial charge on any atom is 0.0800 e. The predicted molar refractivity (Wildman–Crippen MR) is 68.1 cm³/mol. The highest BCUT2D eigenvalue weighted by atomic mass is 16.3. The molecule has 0 spiro atoms. The summed E-state index contributed by atoms with van der Waals surface area (Å²) >= 11 is 0. The highest BCUT2D eigenvalue weighted by Gasteiger charge is 2.55. The molecule has 0 radical (unpaired) electrons. The van der Waals surface area contributed by atoms with Gasteiger partial charge in [-0.15, -0.1) is 6.58 Å². The lowest BCUT2D eigenvalue weighted by molar-refractivity contribution is 0.101. The van der Waals surface area contributed by atoms with E-state index >= 15 is 0 Å². The SMILES string of the molecule is C=C[C@](C)(O)CCC1=C(C)[C@H]2C[C@H]2C1(C)C. The molecule has 0 heterocycles. The Morgan fingerprint density at radius 3 is 2.62 bits per heavy atom. The molecular weight excluding hydrogens is 196 g/mol. The Labute approximate surface area is 99.3 Å². The van der Waals surface area contributed by atoms with Crippen molar-refractivity contribution in [2.75, 3.05) is 0 Å². The molecule has 2 aliphatic rings. The lowest BCUT2D eigenvalue weighted by Gasteiger charge is -2.28. The number of hydrogen-bond donors (Lipinski definition) is 1. The minimum atomic E-state index is -0.712. The molecule has 0 aromatic rings. The third-order valence-corrected chi connectivity index (χ3v) is 4.85. The quantitative estimate of drug-likeness (QED) is 0.716. The molecule has 0 amide bonds. The van der Waals surface area contributed by atoms with E-state index in [0.29, 0.717) is 5.41 Å². The Morgan fingerprint density at radius 1 is 1.56 bits per heavy atom. The third kappa shape index (κ3) is 1.75. The maximum absolute atomic E-state index is 9.98. The molecule has 2 aliphatic carbocycles. The van der Waals surface area contributed by atoms with Gasteiger partial charge in [-0.25, -0.2) is 0 Å². The summed E-state index contributed by atoms with van der Waals surface area (Å²) < 4.78 is 0. The van der Waals surface area contributed by atoms with Gasteiger partial charge in [-0.2, -0.15) is 0 Å². The molecule has 16 heavy (non-hydrogen) atoms. The van der Waals surface area contributed by atoms with E-state index in [2.05, 4.69) is 27.4 Å². The number of fused-ring (bicyclic) bond motifs is 1. The molecule has 0 aromatic heterocycles. The number of hydrogen-bond acceptors (Lipinski definition) is 1. The first-order chi connectivity index (χ1) is 7.29. The molecule has 1 saturated carbocycles. The van der Waals surface area contributed by atoms with Crippen molar-refractivity contribution in [1.82, 2.24) is 0 Å². The van der Waals surface area contributed by atoms with Crippen molar-refractivity contribution in [1.29, 1.82) is 0 Å². The van der Waals surface area contributed by atoms with Crippen LogP contribution >= 0.6 is 0 Å². The highest BCUT2D eigenvalue weighted by Crippen LogP contribution is 2.65. The van der Waals surface area contributed by atoms with E-state index in [0.717, 1.165) is 24.7 Å². The lowest BCUT2D eigenvalue weighted by Crippen LogP contribution is -2.23. The Balaban J connectivity index is 2.08. The van der Waals surface area contributed by atoms with Crippen LogP contribution in [0.2, 0.25) is 0 Å². The minimum absolute atomic E-state index is 0.367. The second-order valence-electron chi connectivity index (χ2n) is 6.39. The van der Waals surface area contributed by atoms with Gasteiger partial charge in [0.25, 0.3) is 0 Å². The van der Waals surface area contributed by atoms with Crippen molar-refractivity contribution in [2.24, 2.45) is 17.3 Å². The summed E-state index contributed by atoms with van der Waals surface area (Å²) in [7, 11) is 0. The Kier molecular flexibility index (Phi) is 2.58. The van der Waals surface area contributed by atoms with Crippen molar-refractivity contribution in [3.05, 3.63) is 23.8 Å². The van der Waals surface area contributed by atoms with E-state index in [1.807, 2.05) is 6.92 Å². The largest absolute Gasteiger partial charge is 0.386 e. The fraction of sp³-hybridized carbons (Fsp3) is 0.733. The Hall–Kier alpha value is -0.560. The number of rotatable bonds is 4. The normalized spacial score (nSPS) is 34.6. The van der Waals surface area contributed by atoms with Gasteiger partial charge in [0, 0.05) is 0 Å². The summed E-state index contributed by atoms with van der Waals surface area (Å²) in [5.74, 6) is 1.75. The monoisotopic (exact) mass is 220 g/mol. The molecule has 1 heteroatoms. The van der Waals surface area contributed by atoms with Crippen LogP contribution in [0.4, 0.5) is 0 Å². The van der Waals surface area contributed by atoms with Gasteiger partial charge in [-0.3, -0.25) is 0 Å². The standard InChI is InChI=1S/C15H24O/c1-6-15(5,16)8-7-12-10(2)11-9-13(11)14(12,3)4/h6,11,13,16H,1,7-9H2,2-5H3/t11-,13-,15+/m1/s1. The first kappa shape index (κ1) is 11.9. The van der Waals surface area contributed by atoms with Crippen LogP contribution in [-0.2, 0) is 0 Å². The molecule has 0 aromatic carbocycles. The molecule has 90 valence electrons.